The summed E-state index contributed by atoms with van der Waals surface area (Å²) in [5.74, 6) is 0.531. The van der Waals surface area contributed by atoms with E-state index in [0.717, 1.165) is 60.0 Å². The van der Waals surface area contributed by atoms with Crippen LogP contribution in [0.15, 0.2) is 36.4 Å². The van der Waals surface area contributed by atoms with Gasteiger partial charge in [-0.25, -0.2) is 19.3 Å². The Morgan fingerprint density at radius 2 is 1.88 bits per heavy atom. The van der Waals surface area contributed by atoms with Gasteiger partial charge < -0.3 is 24.5 Å². The fourth-order valence-corrected chi connectivity index (χ4v) is 6.62. The van der Waals surface area contributed by atoms with Crippen molar-refractivity contribution in [3.63, 3.8) is 0 Å². The van der Waals surface area contributed by atoms with E-state index in [4.69, 9.17) is 19.7 Å². The number of ether oxygens (including phenoxy) is 1. The summed E-state index contributed by atoms with van der Waals surface area (Å²) in [4.78, 5) is 35.7. The number of rotatable bonds is 6. The number of nitriles is 1. The van der Waals surface area contributed by atoms with Crippen LogP contribution in [0.25, 0.3) is 22.3 Å². The van der Waals surface area contributed by atoms with Gasteiger partial charge in [-0.3, -0.25) is 9.69 Å². The van der Waals surface area contributed by atoms with E-state index in [2.05, 4.69) is 15.9 Å². The van der Waals surface area contributed by atoms with Gasteiger partial charge in [0, 0.05) is 57.4 Å². The molecule has 0 unspecified atom stereocenters. The molecule has 220 valence electrons. The number of benzene rings is 1. The van der Waals surface area contributed by atoms with Crippen molar-refractivity contribution in [3.8, 4) is 17.3 Å². The van der Waals surface area contributed by atoms with Gasteiger partial charge in [0.05, 0.1) is 42.8 Å². The SMILES string of the molecule is CN(c1nc(-c2ccc(F)cc2)c(C#N)s1)c1c2c(nc3ccc(N4CCN(CC(=O)N5CC(O)C5)CC4)nc13)COC2. The summed E-state index contributed by atoms with van der Waals surface area (Å²) in [7, 11) is 1.91. The lowest BCUT2D eigenvalue weighted by Crippen LogP contribution is -2.57. The van der Waals surface area contributed by atoms with Gasteiger partial charge in [0.25, 0.3) is 0 Å². The van der Waals surface area contributed by atoms with Crippen molar-refractivity contribution in [3.05, 3.63) is 58.3 Å². The van der Waals surface area contributed by atoms with E-state index in [1.165, 1.54) is 23.5 Å². The zero-order valence-corrected chi connectivity index (χ0v) is 24.3. The molecule has 0 radical (unpaired) electrons. The predicted molar refractivity (Wildman–Crippen MR) is 160 cm³/mol. The number of thiazole rings is 1. The number of aliphatic hydroxyl groups excluding tert-OH is 1. The monoisotopic (exact) mass is 600 g/mol. The zero-order valence-electron chi connectivity index (χ0n) is 23.5. The number of amides is 1. The number of hydrogen-bond acceptors (Lipinski definition) is 11. The molecule has 0 bridgehead atoms. The maximum atomic E-state index is 13.6. The Morgan fingerprint density at radius 3 is 2.60 bits per heavy atom. The minimum atomic E-state index is -0.396. The highest BCUT2D eigenvalue weighted by molar-refractivity contribution is 7.16. The molecule has 2 saturated heterocycles. The van der Waals surface area contributed by atoms with Crippen LogP contribution in [0.4, 0.5) is 21.0 Å². The first-order valence-corrected chi connectivity index (χ1v) is 14.9. The molecule has 3 aliphatic rings. The molecule has 13 heteroatoms. The predicted octanol–water partition coefficient (Wildman–Crippen LogP) is 2.89. The molecular formula is C30H29FN8O3S. The van der Waals surface area contributed by atoms with E-state index in [-0.39, 0.29) is 11.7 Å². The number of β-amino-alcohol motifs (C(OH)–C–C–N with tert-alkyl or cyclic N) is 1. The third-order valence-electron chi connectivity index (χ3n) is 8.19. The minimum absolute atomic E-state index is 0.0572. The lowest BCUT2D eigenvalue weighted by atomic mass is 10.1. The van der Waals surface area contributed by atoms with E-state index in [1.54, 1.807) is 17.0 Å². The maximum Gasteiger partial charge on any atom is 0.236 e. The molecule has 0 saturated carbocycles. The smallest absolute Gasteiger partial charge is 0.236 e. The van der Waals surface area contributed by atoms with E-state index in [9.17, 15) is 19.6 Å². The van der Waals surface area contributed by atoms with Gasteiger partial charge in [0.1, 0.15) is 33.8 Å². The first kappa shape index (κ1) is 27.6. The molecule has 4 aromatic rings. The van der Waals surface area contributed by atoms with Gasteiger partial charge in [0.2, 0.25) is 5.91 Å². The molecule has 0 atom stereocenters. The van der Waals surface area contributed by atoms with Crippen LogP contribution in [-0.2, 0) is 22.7 Å². The number of nitrogens with zero attached hydrogens (tertiary/aromatic N) is 8. The second-order valence-corrected chi connectivity index (χ2v) is 12.0. The van der Waals surface area contributed by atoms with Gasteiger partial charge in [-0.2, -0.15) is 5.26 Å². The van der Waals surface area contributed by atoms with Crippen molar-refractivity contribution in [2.24, 2.45) is 0 Å². The van der Waals surface area contributed by atoms with Crippen molar-refractivity contribution in [1.29, 1.82) is 5.26 Å². The van der Waals surface area contributed by atoms with Crippen LogP contribution in [0.5, 0.6) is 0 Å². The van der Waals surface area contributed by atoms with E-state index >= 15 is 0 Å². The molecule has 6 heterocycles. The number of aromatic nitrogens is 3. The molecule has 1 amide bonds. The second-order valence-electron chi connectivity index (χ2n) is 11.0. The summed E-state index contributed by atoms with van der Waals surface area (Å²) in [5, 5.41) is 20.0. The maximum absolute atomic E-state index is 13.6. The molecule has 1 N–H and O–H groups in total. The number of halogens is 1. The highest BCUT2D eigenvalue weighted by Crippen LogP contribution is 2.41. The Balaban J connectivity index is 1.18. The van der Waals surface area contributed by atoms with Crippen LogP contribution < -0.4 is 9.80 Å². The molecule has 43 heavy (non-hydrogen) atoms. The third kappa shape index (κ3) is 5.16. The second kappa shape index (κ2) is 11.1. The third-order valence-corrected chi connectivity index (χ3v) is 9.22. The molecule has 2 fully saturated rings. The quantitative estimate of drug-likeness (QED) is 0.354. The van der Waals surface area contributed by atoms with E-state index in [0.29, 0.717) is 54.1 Å². The van der Waals surface area contributed by atoms with E-state index in [1.807, 2.05) is 24.1 Å². The highest BCUT2D eigenvalue weighted by Gasteiger charge is 2.31. The van der Waals surface area contributed by atoms with Crippen LogP contribution in [0.1, 0.15) is 16.1 Å². The van der Waals surface area contributed by atoms with Crippen molar-refractivity contribution < 1.29 is 19.0 Å². The molecule has 3 aromatic heterocycles. The van der Waals surface area contributed by atoms with Gasteiger partial charge in [-0.05, 0) is 36.4 Å². The molecule has 1 aromatic carbocycles. The topological polar surface area (TPSA) is 122 Å². The summed E-state index contributed by atoms with van der Waals surface area (Å²) < 4.78 is 19.3. The number of piperazine rings is 1. The molecular weight excluding hydrogens is 571 g/mol. The summed E-state index contributed by atoms with van der Waals surface area (Å²) >= 11 is 1.27. The van der Waals surface area contributed by atoms with Gasteiger partial charge in [-0.15, -0.1) is 0 Å². The zero-order chi connectivity index (χ0) is 29.7. The summed E-state index contributed by atoms with van der Waals surface area (Å²) in [6.45, 7) is 4.91. The molecule has 3 aliphatic heterocycles. The first-order chi connectivity index (χ1) is 20.9. The summed E-state index contributed by atoms with van der Waals surface area (Å²) in [6.07, 6.45) is -0.396. The first-order valence-electron chi connectivity index (χ1n) is 14.1. The number of aliphatic hydroxyl groups is 1. The van der Waals surface area contributed by atoms with Crippen LogP contribution in [0.2, 0.25) is 0 Å². The van der Waals surface area contributed by atoms with Crippen LogP contribution in [0.3, 0.4) is 0 Å². The lowest BCUT2D eigenvalue weighted by molar-refractivity contribution is -0.142. The van der Waals surface area contributed by atoms with Crippen molar-refractivity contribution in [1.82, 2.24) is 24.8 Å². The van der Waals surface area contributed by atoms with Gasteiger partial charge in [0.15, 0.2) is 5.13 Å². The Labute approximate surface area is 251 Å². The lowest BCUT2D eigenvalue weighted by Gasteiger charge is -2.39. The molecule has 0 spiro atoms. The standard InChI is InChI=1S/C30H29FN8O3S/c1-36(30-35-27(24(12-32)43-30)18-2-4-19(31)5-3-18)29-21-16-42-17-23(21)33-22-6-7-25(34-28(22)29)38-10-8-37(9-11-38)15-26(41)39-13-20(40)14-39/h2-7,20,40H,8-11,13-17H2,1H3. The van der Waals surface area contributed by atoms with Crippen LogP contribution >= 0.6 is 11.3 Å². The number of pyridine rings is 2. The van der Waals surface area contributed by atoms with Gasteiger partial charge in [-0.1, -0.05) is 11.3 Å². The average Bonchev–Trinajstić information content (AvgIpc) is 3.66. The number of likely N-dealkylation sites (tertiary alicyclic amines) is 1. The number of carbonyl (C=O) groups is 1. The minimum Gasteiger partial charge on any atom is -0.389 e. The number of anilines is 3. The highest BCUT2D eigenvalue weighted by atomic mass is 32.1. The number of fused-ring (bicyclic) bond motifs is 2. The largest absolute Gasteiger partial charge is 0.389 e. The number of carbonyl (C=O) groups excluding carboxylic acids is 1. The van der Waals surface area contributed by atoms with Crippen molar-refractivity contribution >= 4 is 44.9 Å². The Morgan fingerprint density at radius 1 is 1.12 bits per heavy atom. The average molecular weight is 601 g/mol. The van der Waals surface area contributed by atoms with Crippen molar-refractivity contribution in [2.75, 3.05) is 62.7 Å². The Kier molecular flexibility index (Phi) is 7.14. The fraction of sp³-hybridized carbons (Fsp3) is 0.367. The normalized spacial score (nSPS) is 17.2. The molecule has 7 rings (SSSR count). The Hall–Kier alpha value is -4.22. The molecule has 11 nitrogen and oxygen atoms in total. The van der Waals surface area contributed by atoms with Crippen molar-refractivity contribution in [2.45, 2.75) is 19.3 Å². The summed E-state index contributed by atoms with van der Waals surface area (Å²) in [5.41, 5.74) is 5.27. The molecule has 0 aliphatic carbocycles. The summed E-state index contributed by atoms with van der Waals surface area (Å²) in [6, 6.07) is 12.2. The van der Waals surface area contributed by atoms with Crippen LogP contribution in [-0.4, -0.2) is 94.7 Å². The Bertz CT molecular complexity index is 1740. The van der Waals surface area contributed by atoms with Gasteiger partial charge >= 0.3 is 0 Å². The number of hydrogen-bond donors (Lipinski definition) is 1. The van der Waals surface area contributed by atoms with Crippen LogP contribution in [0, 0.1) is 17.1 Å². The van der Waals surface area contributed by atoms with E-state index < -0.39 is 6.10 Å². The fourth-order valence-electron chi connectivity index (χ4n) is 5.77.